The highest BCUT2D eigenvalue weighted by atomic mass is 35.5. The maximum absolute atomic E-state index is 6.12. The summed E-state index contributed by atoms with van der Waals surface area (Å²) in [6, 6.07) is 11.6. The van der Waals surface area contributed by atoms with Crippen LogP contribution in [0.5, 0.6) is 0 Å². The monoisotopic (exact) mass is 319 g/mol. The summed E-state index contributed by atoms with van der Waals surface area (Å²) >= 11 is 11.3. The average molecular weight is 320 g/mol. The molecule has 1 heterocycles. The first-order valence-electron chi connectivity index (χ1n) is 6.78. The number of anilines is 1. The molecule has 0 radical (unpaired) electrons. The molecule has 2 aromatic rings. The maximum Gasteiger partial charge on any atom is 0.106 e. The standard InChI is InChI=1S/C16H18ClN3S/c1-3-20(10-13-6-4-5-11(2)19-13)15-9-12(17)7-8-14(15)16(18)21/h4-9H,3,10H2,1-2H3,(H2,18,21). The van der Waals surface area contributed by atoms with Crippen molar-refractivity contribution in [3.8, 4) is 0 Å². The highest BCUT2D eigenvalue weighted by Gasteiger charge is 2.13. The van der Waals surface area contributed by atoms with E-state index in [0.29, 0.717) is 16.6 Å². The molecule has 2 rings (SSSR count). The Morgan fingerprint density at radius 1 is 1.33 bits per heavy atom. The van der Waals surface area contributed by atoms with E-state index in [2.05, 4.69) is 16.8 Å². The van der Waals surface area contributed by atoms with Gasteiger partial charge in [-0.05, 0) is 44.2 Å². The zero-order valence-corrected chi connectivity index (χ0v) is 13.7. The molecule has 0 saturated carbocycles. The summed E-state index contributed by atoms with van der Waals surface area (Å²) in [5, 5.41) is 0.667. The number of pyridine rings is 1. The number of nitrogens with zero attached hydrogens (tertiary/aromatic N) is 2. The Morgan fingerprint density at radius 2 is 2.10 bits per heavy atom. The molecular weight excluding hydrogens is 302 g/mol. The van der Waals surface area contributed by atoms with Gasteiger partial charge in [0.1, 0.15) is 4.99 Å². The quantitative estimate of drug-likeness (QED) is 0.853. The summed E-state index contributed by atoms with van der Waals surface area (Å²) < 4.78 is 0. The lowest BCUT2D eigenvalue weighted by Gasteiger charge is -2.25. The summed E-state index contributed by atoms with van der Waals surface area (Å²) in [5.74, 6) is 0. The highest BCUT2D eigenvalue weighted by Crippen LogP contribution is 2.26. The molecule has 0 aliphatic rings. The minimum absolute atomic E-state index is 0.373. The first-order chi connectivity index (χ1) is 10.0. The molecule has 0 amide bonds. The molecule has 0 bridgehead atoms. The van der Waals surface area contributed by atoms with Gasteiger partial charge in [0, 0.05) is 28.5 Å². The predicted molar refractivity (Wildman–Crippen MR) is 93.0 cm³/mol. The van der Waals surface area contributed by atoms with E-state index in [9.17, 15) is 0 Å². The van der Waals surface area contributed by atoms with Gasteiger partial charge >= 0.3 is 0 Å². The fourth-order valence-electron chi connectivity index (χ4n) is 2.23. The summed E-state index contributed by atoms with van der Waals surface area (Å²) in [7, 11) is 0. The minimum atomic E-state index is 0.373. The molecule has 1 aromatic heterocycles. The fraction of sp³-hybridized carbons (Fsp3) is 0.250. The Bertz CT molecular complexity index is 658. The van der Waals surface area contributed by atoms with Crippen molar-refractivity contribution in [2.45, 2.75) is 20.4 Å². The van der Waals surface area contributed by atoms with Crippen LogP contribution in [0.3, 0.4) is 0 Å². The van der Waals surface area contributed by atoms with Crippen molar-refractivity contribution in [1.82, 2.24) is 4.98 Å². The van der Waals surface area contributed by atoms with Crippen LogP contribution in [-0.4, -0.2) is 16.5 Å². The van der Waals surface area contributed by atoms with Crippen molar-refractivity contribution in [2.75, 3.05) is 11.4 Å². The number of aromatic nitrogens is 1. The molecule has 5 heteroatoms. The number of hydrogen-bond acceptors (Lipinski definition) is 3. The molecule has 0 aliphatic heterocycles. The molecule has 3 nitrogen and oxygen atoms in total. The maximum atomic E-state index is 6.12. The molecule has 110 valence electrons. The van der Waals surface area contributed by atoms with Crippen LogP contribution in [0.15, 0.2) is 36.4 Å². The van der Waals surface area contributed by atoms with Crippen molar-refractivity contribution in [1.29, 1.82) is 0 Å². The topological polar surface area (TPSA) is 42.2 Å². The fourth-order valence-corrected chi connectivity index (χ4v) is 2.56. The van der Waals surface area contributed by atoms with Crippen LogP contribution in [-0.2, 0) is 6.54 Å². The van der Waals surface area contributed by atoms with Crippen LogP contribution < -0.4 is 10.6 Å². The lowest BCUT2D eigenvalue weighted by molar-refractivity contribution is 0.805. The van der Waals surface area contributed by atoms with Gasteiger partial charge in [0.25, 0.3) is 0 Å². The van der Waals surface area contributed by atoms with Gasteiger partial charge in [0.15, 0.2) is 0 Å². The molecule has 0 saturated heterocycles. The van der Waals surface area contributed by atoms with Crippen LogP contribution in [0.2, 0.25) is 5.02 Å². The van der Waals surface area contributed by atoms with E-state index in [1.807, 2.05) is 37.3 Å². The molecule has 21 heavy (non-hydrogen) atoms. The summed E-state index contributed by atoms with van der Waals surface area (Å²) in [6.45, 7) is 5.57. The zero-order valence-electron chi connectivity index (χ0n) is 12.1. The van der Waals surface area contributed by atoms with E-state index >= 15 is 0 Å². The van der Waals surface area contributed by atoms with Gasteiger partial charge in [-0.25, -0.2) is 0 Å². The third-order valence-corrected chi connectivity index (χ3v) is 3.70. The molecular formula is C16H18ClN3S. The smallest absolute Gasteiger partial charge is 0.106 e. The van der Waals surface area contributed by atoms with Crippen molar-refractivity contribution in [2.24, 2.45) is 5.73 Å². The molecule has 2 N–H and O–H groups in total. The van der Waals surface area contributed by atoms with E-state index < -0.39 is 0 Å². The Balaban J connectivity index is 2.37. The SMILES string of the molecule is CCN(Cc1cccc(C)n1)c1cc(Cl)ccc1C(N)=S. The van der Waals surface area contributed by atoms with Crippen LogP contribution in [0.25, 0.3) is 0 Å². The molecule has 0 aliphatic carbocycles. The van der Waals surface area contributed by atoms with Gasteiger partial charge in [0.05, 0.1) is 12.2 Å². The normalized spacial score (nSPS) is 10.4. The number of aryl methyl sites for hydroxylation is 1. The summed E-state index contributed by atoms with van der Waals surface area (Å²) in [5.41, 5.74) is 9.61. The van der Waals surface area contributed by atoms with Crippen molar-refractivity contribution < 1.29 is 0 Å². The number of halogens is 1. The summed E-state index contributed by atoms with van der Waals surface area (Å²) in [4.78, 5) is 7.09. The van der Waals surface area contributed by atoms with Crippen molar-refractivity contribution in [3.05, 3.63) is 58.4 Å². The van der Waals surface area contributed by atoms with Crippen LogP contribution >= 0.6 is 23.8 Å². The van der Waals surface area contributed by atoms with Crippen LogP contribution in [0, 0.1) is 6.92 Å². The lowest BCUT2D eigenvalue weighted by atomic mass is 10.1. The first-order valence-corrected chi connectivity index (χ1v) is 7.56. The second kappa shape index (κ2) is 6.87. The van der Waals surface area contributed by atoms with E-state index in [1.165, 1.54) is 0 Å². The Morgan fingerprint density at radius 3 is 2.71 bits per heavy atom. The van der Waals surface area contributed by atoms with Crippen LogP contribution in [0.1, 0.15) is 23.9 Å². The van der Waals surface area contributed by atoms with Crippen molar-refractivity contribution in [3.63, 3.8) is 0 Å². The largest absolute Gasteiger partial charge is 0.389 e. The number of hydrogen-bond donors (Lipinski definition) is 1. The van der Waals surface area contributed by atoms with Gasteiger partial charge in [-0.15, -0.1) is 0 Å². The Kier molecular flexibility index (Phi) is 5.15. The Hall–Kier alpha value is -1.65. The molecule has 0 spiro atoms. The van der Waals surface area contributed by atoms with E-state index in [0.717, 1.165) is 29.2 Å². The van der Waals surface area contributed by atoms with Crippen molar-refractivity contribution >= 4 is 34.5 Å². The molecule has 0 atom stereocenters. The number of nitrogens with two attached hydrogens (primary N) is 1. The van der Waals surface area contributed by atoms with E-state index in [4.69, 9.17) is 29.6 Å². The molecule has 1 aromatic carbocycles. The number of rotatable bonds is 5. The lowest BCUT2D eigenvalue weighted by Crippen LogP contribution is -2.26. The van der Waals surface area contributed by atoms with Crippen LogP contribution in [0.4, 0.5) is 5.69 Å². The average Bonchev–Trinajstić information content (AvgIpc) is 2.44. The van der Waals surface area contributed by atoms with Gasteiger partial charge in [0.2, 0.25) is 0 Å². The number of benzene rings is 1. The molecule has 0 fully saturated rings. The highest BCUT2D eigenvalue weighted by molar-refractivity contribution is 7.80. The van der Waals surface area contributed by atoms with Gasteiger partial charge in [-0.3, -0.25) is 4.98 Å². The third-order valence-electron chi connectivity index (χ3n) is 3.25. The van der Waals surface area contributed by atoms with Gasteiger partial charge in [-0.1, -0.05) is 29.9 Å². The summed E-state index contributed by atoms with van der Waals surface area (Å²) in [6.07, 6.45) is 0. The predicted octanol–water partition coefficient (Wildman–Crippen LogP) is 3.70. The number of thiocarbonyl (C=S) groups is 1. The second-order valence-corrected chi connectivity index (χ2v) is 5.69. The second-order valence-electron chi connectivity index (χ2n) is 4.81. The zero-order chi connectivity index (χ0) is 15.4. The van der Waals surface area contributed by atoms with E-state index in [-0.39, 0.29) is 0 Å². The Labute approximate surface area is 135 Å². The van der Waals surface area contributed by atoms with Gasteiger partial charge < -0.3 is 10.6 Å². The molecule has 0 unspecified atom stereocenters. The first kappa shape index (κ1) is 15.7. The third kappa shape index (κ3) is 3.93. The van der Waals surface area contributed by atoms with Gasteiger partial charge in [-0.2, -0.15) is 0 Å². The van der Waals surface area contributed by atoms with E-state index in [1.54, 1.807) is 6.07 Å². The minimum Gasteiger partial charge on any atom is -0.389 e.